The van der Waals surface area contributed by atoms with Gasteiger partial charge in [-0.1, -0.05) is 30.3 Å². The first-order valence-corrected chi connectivity index (χ1v) is 5.82. The van der Waals surface area contributed by atoms with Crippen LogP contribution in [0.2, 0.25) is 0 Å². The Kier molecular flexibility index (Phi) is 3.65. The molecule has 0 heterocycles. The average molecular weight is 286 g/mol. The third-order valence-corrected chi connectivity index (χ3v) is 2.74. The van der Waals surface area contributed by atoms with E-state index < -0.39 is 29.1 Å². The summed E-state index contributed by atoms with van der Waals surface area (Å²) in [6.07, 6.45) is -5.09. The summed E-state index contributed by atoms with van der Waals surface area (Å²) in [5.74, 6) is -3.71. The van der Waals surface area contributed by atoms with E-state index in [0.717, 1.165) is 0 Å². The number of alkyl halides is 3. The predicted molar refractivity (Wildman–Crippen MR) is 64.6 cm³/mol. The van der Waals surface area contributed by atoms with E-state index in [0.29, 0.717) is 0 Å². The third-order valence-electron chi connectivity index (χ3n) is 2.74. The predicted octanol–water partition coefficient (Wildman–Crippen LogP) is 4.07. The highest BCUT2D eigenvalue weighted by molar-refractivity contribution is 6.09. The summed E-state index contributed by atoms with van der Waals surface area (Å²) < 4.78 is 57.0. The molecule has 106 valence electrons. The Balaban J connectivity index is 2.76. The smallest absolute Gasteiger partial charge is 0.455 e. The van der Waals surface area contributed by atoms with Crippen LogP contribution in [-0.4, -0.2) is 18.6 Å². The van der Waals surface area contributed by atoms with Gasteiger partial charge in [-0.25, -0.2) is 4.39 Å². The minimum Gasteiger partial charge on any atom is -0.490 e. The first-order chi connectivity index (χ1) is 9.38. The van der Waals surface area contributed by atoms with Gasteiger partial charge in [0.2, 0.25) is 0 Å². The molecule has 0 atom stereocenters. The molecule has 0 N–H and O–H groups in total. The van der Waals surface area contributed by atoms with Gasteiger partial charge in [0, 0.05) is 5.56 Å². The molecule has 0 spiro atoms. The van der Waals surface area contributed by atoms with Crippen molar-refractivity contribution < 1.29 is 27.1 Å². The zero-order chi connectivity index (χ0) is 14.9. The quantitative estimate of drug-likeness (QED) is 0.628. The maximum absolute atomic E-state index is 14.1. The molecule has 0 saturated heterocycles. The van der Waals surface area contributed by atoms with Gasteiger partial charge in [0.25, 0.3) is 5.78 Å². The Morgan fingerprint density at radius 3 is 2.30 bits per heavy atom. The molecular weight excluding hydrogens is 276 g/mol. The Hall–Kier alpha value is -2.11. The van der Waals surface area contributed by atoms with Crippen molar-refractivity contribution in [3.8, 4) is 16.9 Å². The molecular formula is C14H10F4O2. The molecule has 0 fully saturated rings. The molecule has 0 unspecified atom stereocenters. The molecule has 0 saturated carbocycles. The number of halogens is 4. The minimum absolute atomic E-state index is 0.0441. The van der Waals surface area contributed by atoms with E-state index >= 15 is 0 Å². The van der Waals surface area contributed by atoms with Crippen LogP contribution in [0.3, 0.4) is 0 Å². The second kappa shape index (κ2) is 5.11. The highest BCUT2D eigenvalue weighted by Gasteiger charge is 2.44. The van der Waals surface area contributed by atoms with Gasteiger partial charge in [-0.05, 0) is 12.5 Å². The van der Waals surface area contributed by atoms with E-state index in [-0.39, 0.29) is 17.7 Å². The first-order valence-electron chi connectivity index (χ1n) is 5.82. The van der Waals surface area contributed by atoms with Gasteiger partial charge in [-0.3, -0.25) is 4.79 Å². The standard InChI is InChI=1S/C14H10F4O2/c1-2-20-12-10(13(19)14(16,17)18)8-6-4-3-5-7-9(8)11(12)15/h3-7H,2H2,1H3. The van der Waals surface area contributed by atoms with Crippen molar-refractivity contribution in [3.05, 3.63) is 41.7 Å². The van der Waals surface area contributed by atoms with E-state index in [1.807, 2.05) is 0 Å². The fourth-order valence-corrected chi connectivity index (χ4v) is 1.96. The largest absolute Gasteiger partial charge is 0.490 e. The zero-order valence-electron chi connectivity index (χ0n) is 10.4. The molecule has 0 aromatic rings. The van der Waals surface area contributed by atoms with Crippen molar-refractivity contribution in [1.29, 1.82) is 0 Å². The lowest BCUT2D eigenvalue weighted by Gasteiger charge is -2.08. The molecule has 6 heteroatoms. The maximum atomic E-state index is 14.1. The summed E-state index contributed by atoms with van der Waals surface area (Å²) in [6.45, 7) is 1.45. The summed E-state index contributed by atoms with van der Waals surface area (Å²) in [6, 6.07) is 7.01. The van der Waals surface area contributed by atoms with Crippen LogP contribution in [-0.2, 0) is 0 Å². The molecule has 20 heavy (non-hydrogen) atoms. The van der Waals surface area contributed by atoms with Crippen LogP contribution in [0.4, 0.5) is 17.6 Å². The molecule has 0 aliphatic heterocycles. The second-order valence-corrected chi connectivity index (χ2v) is 4.02. The van der Waals surface area contributed by atoms with Crippen molar-refractivity contribution in [1.82, 2.24) is 0 Å². The fourth-order valence-electron chi connectivity index (χ4n) is 1.96. The number of hydrogen-bond acceptors (Lipinski definition) is 2. The lowest BCUT2D eigenvalue weighted by molar-refractivity contribution is -0.0886. The van der Waals surface area contributed by atoms with Crippen LogP contribution in [0.5, 0.6) is 5.75 Å². The number of ketones is 1. The van der Waals surface area contributed by atoms with Gasteiger partial charge in [-0.15, -0.1) is 0 Å². The van der Waals surface area contributed by atoms with Crippen LogP contribution in [0.1, 0.15) is 17.3 Å². The molecule has 0 aromatic carbocycles. The second-order valence-electron chi connectivity index (χ2n) is 4.02. The molecule has 0 amide bonds. The Morgan fingerprint density at radius 2 is 1.75 bits per heavy atom. The molecule has 2 aliphatic carbocycles. The topological polar surface area (TPSA) is 26.3 Å². The van der Waals surface area contributed by atoms with Gasteiger partial charge in [0.15, 0.2) is 11.6 Å². The minimum atomic E-state index is -5.09. The van der Waals surface area contributed by atoms with Gasteiger partial charge >= 0.3 is 6.18 Å². The Labute approximate surface area is 112 Å². The van der Waals surface area contributed by atoms with Crippen molar-refractivity contribution >= 4 is 5.78 Å². The number of Topliss-reactive ketones (excluding diaryl/α,β-unsaturated/α-hetero) is 1. The Bertz CT molecular complexity index is 619. The van der Waals surface area contributed by atoms with E-state index in [1.165, 1.54) is 37.3 Å². The number of rotatable bonds is 3. The lowest BCUT2D eigenvalue weighted by atomic mass is 10.1. The van der Waals surface area contributed by atoms with E-state index in [1.54, 1.807) is 0 Å². The van der Waals surface area contributed by atoms with E-state index in [2.05, 4.69) is 0 Å². The van der Waals surface area contributed by atoms with Gasteiger partial charge < -0.3 is 4.74 Å². The normalized spacial score (nSPS) is 11.7. The van der Waals surface area contributed by atoms with Crippen LogP contribution in [0, 0.1) is 5.82 Å². The number of fused-ring (bicyclic) bond motifs is 1. The van der Waals surface area contributed by atoms with Crippen molar-refractivity contribution in [2.75, 3.05) is 6.61 Å². The monoisotopic (exact) mass is 286 g/mol. The molecule has 0 aromatic heterocycles. The number of carbonyl (C=O) groups is 1. The summed E-state index contributed by atoms with van der Waals surface area (Å²) in [5, 5.41) is 0. The van der Waals surface area contributed by atoms with Crippen LogP contribution in [0.15, 0.2) is 30.3 Å². The first kappa shape index (κ1) is 14.3. The van der Waals surface area contributed by atoms with E-state index in [9.17, 15) is 22.4 Å². The molecule has 2 aliphatic rings. The van der Waals surface area contributed by atoms with Crippen LogP contribution in [0.25, 0.3) is 11.1 Å². The summed E-state index contributed by atoms with van der Waals surface area (Å²) in [5.41, 5.74) is -0.965. The van der Waals surface area contributed by atoms with Gasteiger partial charge in [-0.2, -0.15) is 13.2 Å². The SMILES string of the molecule is CCOc1c(F)c2cccccc-2c1C(=O)C(F)(F)F. The van der Waals surface area contributed by atoms with Crippen LogP contribution < -0.4 is 4.74 Å². The van der Waals surface area contributed by atoms with Crippen molar-refractivity contribution in [3.63, 3.8) is 0 Å². The van der Waals surface area contributed by atoms with Crippen LogP contribution >= 0.6 is 0 Å². The fraction of sp³-hybridized carbons (Fsp3) is 0.214. The number of carbonyl (C=O) groups excluding carboxylic acids is 1. The highest BCUT2D eigenvalue weighted by atomic mass is 19.4. The van der Waals surface area contributed by atoms with E-state index in [4.69, 9.17) is 4.74 Å². The van der Waals surface area contributed by atoms with Crippen molar-refractivity contribution in [2.24, 2.45) is 0 Å². The highest BCUT2D eigenvalue weighted by Crippen LogP contribution is 2.43. The Morgan fingerprint density at radius 1 is 1.15 bits per heavy atom. The van der Waals surface area contributed by atoms with Gasteiger partial charge in [0.05, 0.1) is 12.2 Å². The zero-order valence-corrected chi connectivity index (χ0v) is 10.4. The maximum Gasteiger partial charge on any atom is 0.455 e. The average Bonchev–Trinajstić information content (AvgIpc) is 2.57. The molecule has 2 rings (SSSR count). The summed E-state index contributed by atoms with van der Waals surface area (Å²) in [7, 11) is 0. The van der Waals surface area contributed by atoms with Crippen molar-refractivity contribution in [2.45, 2.75) is 13.1 Å². The number of ether oxygens (including phenoxy) is 1. The molecule has 2 nitrogen and oxygen atoms in total. The third kappa shape index (κ3) is 2.33. The molecule has 0 radical (unpaired) electrons. The summed E-state index contributed by atoms with van der Waals surface area (Å²) in [4.78, 5) is 11.5. The number of hydrogen-bond donors (Lipinski definition) is 0. The molecule has 0 bridgehead atoms. The summed E-state index contributed by atoms with van der Waals surface area (Å²) >= 11 is 0. The van der Waals surface area contributed by atoms with Gasteiger partial charge in [0.1, 0.15) is 0 Å². The lowest BCUT2D eigenvalue weighted by Crippen LogP contribution is -2.23.